The fraction of sp³-hybridized carbons (Fsp3) is 0.917. The number of aliphatic carboxylic acids is 1. The second-order valence-corrected chi connectivity index (χ2v) is 6.04. The van der Waals surface area contributed by atoms with Crippen molar-refractivity contribution in [3.05, 3.63) is 0 Å². The Labute approximate surface area is 85.7 Å². The maximum absolute atomic E-state index is 10.8. The molecule has 0 N–H and O–H groups in total. The average molecular weight is 195 g/mol. The van der Waals surface area contributed by atoms with Crippen LogP contribution in [0.15, 0.2) is 0 Å². The third-order valence-corrected chi connectivity index (χ3v) is 4.94. The van der Waals surface area contributed by atoms with E-state index >= 15 is 0 Å². The molecule has 2 aliphatic rings. The van der Waals surface area contributed by atoms with E-state index in [1.54, 1.807) is 0 Å². The van der Waals surface area contributed by atoms with Crippen molar-refractivity contribution in [2.24, 2.45) is 22.7 Å². The standard InChI is InChI=1S/C12H20O2/c1-11(2)8-4-5-12(3,7-8)9(11)6-10(13)14/h8-9H,4-7H2,1-3H3,(H,13,14)/p-1. The molecule has 0 saturated heterocycles. The van der Waals surface area contributed by atoms with Gasteiger partial charge in [0, 0.05) is 5.97 Å². The second-order valence-electron chi connectivity index (χ2n) is 6.04. The highest BCUT2D eigenvalue weighted by Crippen LogP contribution is 2.66. The first-order valence-corrected chi connectivity index (χ1v) is 5.56. The zero-order chi connectivity index (χ0) is 10.6. The third-order valence-electron chi connectivity index (χ3n) is 4.94. The minimum Gasteiger partial charge on any atom is -0.550 e. The van der Waals surface area contributed by atoms with E-state index in [4.69, 9.17) is 0 Å². The van der Waals surface area contributed by atoms with Crippen LogP contribution < -0.4 is 5.11 Å². The predicted octanol–water partition coefficient (Wildman–Crippen LogP) is 1.59. The van der Waals surface area contributed by atoms with E-state index in [1.165, 1.54) is 19.3 Å². The first-order chi connectivity index (χ1) is 6.36. The molecule has 0 radical (unpaired) electrons. The van der Waals surface area contributed by atoms with E-state index in [9.17, 15) is 9.90 Å². The lowest BCUT2D eigenvalue weighted by Crippen LogP contribution is -2.39. The molecule has 0 spiro atoms. The first kappa shape index (κ1) is 10.0. The predicted molar refractivity (Wildman–Crippen MR) is 52.3 cm³/mol. The lowest BCUT2D eigenvalue weighted by atomic mass is 9.63. The molecule has 3 unspecified atom stereocenters. The normalized spacial score (nSPS) is 44.2. The van der Waals surface area contributed by atoms with Crippen molar-refractivity contribution in [3.63, 3.8) is 0 Å². The van der Waals surface area contributed by atoms with Gasteiger partial charge in [0.05, 0.1) is 0 Å². The molecule has 0 aliphatic heterocycles. The topological polar surface area (TPSA) is 40.1 Å². The highest BCUT2D eigenvalue weighted by atomic mass is 16.4. The van der Waals surface area contributed by atoms with Crippen molar-refractivity contribution in [1.82, 2.24) is 0 Å². The zero-order valence-electron chi connectivity index (χ0n) is 9.30. The number of carboxylic acids is 1. The van der Waals surface area contributed by atoms with Crippen LogP contribution in [0.2, 0.25) is 0 Å². The Morgan fingerprint density at radius 1 is 1.43 bits per heavy atom. The number of carbonyl (C=O) groups is 1. The summed E-state index contributed by atoms with van der Waals surface area (Å²) in [5, 5.41) is 10.8. The Hall–Kier alpha value is -0.530. The number of fused-ring (bicyclic) bond motifs is 2. The number of rotatable bonds is 2. The van der Waals surface area contributed by atoms with Crippen molar-refractivity contribution >= 4 is 5.97 Å². The van der Waals surface area contributed by atoms with Gasteiger partial charge in [0.1, 0.15) is 0 Å². The van der Waals surface area contributed by atoms with Gasteiger partial charge in [-0.2, -0.15) is 0 Å². The van der Waals surface area contributed by atoms with E-state index < -0.39 is 5.97 Å². The van der Waals surface area contributed by atoms with Crippen molar-refractivity contribution in [3.8, 4) is 0 Å². The Balaban J connectivity index is 2.25. The summed E-state index contributed by atoms with van der Waals surface area (Å²) < 4.78 is 0. The molecule has 2 heteroatoms. The summed E-state index contributed by atoms with van der Waals surface area (Å²) in [6.45, 7) is 6.72. The van der Waals surface area contributed by atoms with E-state index in [0.29, 0.717) is 5.92 Å². The van der Waals surface area contributed by atoms with Crippen LogP contribution in [0, 0.1) is 22.7 Å². The van der Waals surface area contributed by atoms with Crippen LogP contribution >= 0.6 is 0 Å². The van der Waals surface area contributed by atoms with Crippen LogP contribution in [0.5, 0.6) is 0 Å². The largest absolute Gasteiger partial charge is 0.550 e. The van der Waals surface area contributed by atoms with Crippen LogP contribution in [-0.4, -0.2) is 5.97 Å². The maximum atomic E-state index is 10.8. The lowest BCUT2D eigenvalue weighted by molar-refractivity contribution is -0.308. The minimum atomic E-state index is -0.878. The molecular weight excluding hydrogens is 176 g/mol. The van der Waals surface area contributed by atoms with E-state index in [1.807, 2.05) is 0 Å². The van der Waals surface area contributed by atoms with Crippen molar-refractivity contribution in [2.75, 3.05) is 0 Å². The number of carboxylic acid groups (broad SMARTS) is 1. The van der Waals surface area contributed by atoms with Crippen LogP contribution in [0.1, 0.15) is 46.5 Å². The summed E-state index contributed by atoms with van der Waals surface area (Å²) >= 11 is 0. The molecule has 2 nitrogen and oxygen atoms in total. The van der Waals surface area contributed by atoms with Gasteiger partial charge in [0.25, 0.3) is 0 Å². The van der Waals surface area contributed by atoms with Gasteiger partial charge in [-0.1, -0.05) is 20.8 Å². The van der Waals surface area contributed by atoms with Gasteiger partial charge in [0.15, 0.2) is 0 Å². The molecule has 3 atom stereocenters. The molecule has 0 amide bonds. The molecule has 2 saturated carbocycles. The second kappa shape index (κ2) is 2.74. The maximum Gasteiger partial charge on any atom is 0.0417 e. The summed E-state index contributed by atoms with van der Waals surface area (Å²) in [6, 6.07) is 0. The van der Waals surface area contributed by atoms with Crippen molar-refractivity contribution < 1.29 is 9.90 Å². The molecule has 2 aliphatic carbocycles. The fourth-order valence-electron chi connectivity index (χ4n) is 4.08. The average Bonchev–Trinajstić information content (AvgIpc) is 2.49. The summed E-state index contributed by atoms with van der Waals surface area (Å²) in [7, 11) is 0. The van der Waals surface area contributed by atoms with E-state index in [0.717, 1.165) is 5.92 Å². The molecule has 2 fully saturated rings. The van der Waals surface area contributed by atoms with Crippen molar-refractivity contribution in [2.45, 2.75) is 46.5 Å². The van der Waals surface area contributed by atoms with Gasteiger partial charge in [-0.05, 0) is 48.3 Å². The summed E-state index contributed by atoms with van der Waals surface area (Å²) in [5.41, 5.74) is 0.474. The van der Waals surface area contributed by atoms with E-state index in [-0.39, 0.29) is 17.3 Å². The van der Waals surface area contributed by atoms with Gasteiger partial charge in [-0.3, -0.25) is 0 Å². The molecule has 0 aromatic rings. The molecular formula is C12H19O2-. The van der Waals surface area contributed by atoms with Gasteiger partial charge in [-0.15, -0.1) is 0 Å². The van der Waals surface area contributed by atoms with Crippen molar-refractivity contribution in [1.29, 1.82) is 0 Å². The lowest BCUT2D eigenvalue weighted by Gasteiger charge is -2.43. The van der Waals surface area contributed by atoms with Gasteiger partial charge >= 0.3 is 0 Å². The summed E-state index contributed by atoms with van der Waals surface area (Å²) in [5.74, 6) is 0.174. The van der Waals surface area contributed by atoms with Crippen LogP contribution in [0.25, 0.3) is 0 Å². The SMILES string of the molecule is CC12CCC(C1)C(C)(C)C2CC(=O)[O-]. The molecule has 0 aromatic heterocycles. The molecule has 14 heavy (non-hydrogen) atoms. The smallest absolute Gasteiger partial charge is 0.0417 e. The highest BCUT2D eigenvalue weighted by Gasteiger charge is 2.58. The molecule has 0 aromatic carbocycles. The number of hydrogen-bond acceptors (Lipinski definition) is 2. The highest BCUT2D eigenvalue weighted by molar-refractivity contribution is 5.65. The Kier molecular flexibility index (Phi) is 1.96. The zero-order valence-corrected chi connectivity index (χ0v) is 9.30. The third kappa shape index (κ3) is 1.19. The van der Waals surface area contributed by atoms with E-state index in [2.05, 4.69) is 20.8 Å². The summed E-state index contributed by atoms with van der Waals surface area (Å²) in [6.07, 6.45) is 3.96. The monoisotopic (exact) mass is 195 g/mol. The Morgan fingerprint density at radius 2 is 2.07 bits per heavy atom. The molecule has 2 bridgehead atoms. The molecule has 2 rings (SSSR count). The van der Waals surface area contributed by atoms with Crippen LogP contribution in [-0.2, 0) is 4.79 Å². The van der Waals surface area contributed by atoms with Crippen LogP contribution in [0.3, 0.4) is 0 Å². The molecule has 80 valence electrons. The minimum absolute atomic E-state index is 0.201. The summed E-state index contributed by atoms with van der Waals surface area (Å²) in [4.78, 5) is 10.8. The number of hydrogen-bond donors (Lipinski definition) is 0. The van der Waals surface area contributed by atoms with Gasteiger partial charge in [0.2, 0.25) is 0 Å². The first-order valence-electron chi connectivity index (χ1n) is 5.56. The quantitative estimate of drug-likeness (QED) is 0.671. The van der Waals surface area contributed by atoms with Gasteiger partial charge in [-0.25, -0.2) is 0 Å². The Morgan fingerprint density at radius 3 is 2.50 bits per heavy atom. The Bertz CT molecular complexity index is 265. The van der Waals surface area contributed by atoms with Gasteiger partial charge < -0.3 is 9.90 Å². The van der Waals surface area contributed by atoms with Crippen LogP contribution in [0.4, 0.5) is 0 Å². The number of carbonyl (C=O) groups excluding carboxylic acids is 1. The fourth-order valence-corrected chi connectivity index (χ4v) is 4.08. The molecule has 0 heterocycles.